The standard InChI is InChI=1S/C25H19N3O5S2/c1-4-11-33-24(32)18-13(2)26-25-28(20(18)17-10-7-12-34-17)23(31)21(35-25)19-15-8-5-6-9-16(15)27(14(3)29)22(19)30/h4-10,12,20H,1,11H2,2-3H3. The van der Waals surface area contributed by atoms with Gasteiger partial charge in [-0.2, -0.15) is 0 Å². The topological polar surface area (TPSA) is 98.0 Å². The van der Waals surface area contributed by atoms with Gasteiger partial charge in [0.15, 0.2) is 4.80 Å². The van der Waals surface area contributed by atoms with E-state index in [0.29, 0.717) is 21.7 Å². The van der Waals surface area contributed by atoms with Crippen LogP contribution in [0.5, 0.6) is 0 Å². The Balaban J connectivity index is 1.80. The van der Waals surface area contributed by atoms with E-state index in [0.717, 1.165) is 21.1 Å². The van der Waals surface area contributed by atoms with E-state index >= 15 is 0 Å². The SMILES string of the molecule is C=CCOC(=O)C1=C(C)N=c2sc(=C3C(=O)N(C(C)=O)c4ccccc43)c(=O)n2C1c1cccs1. The summed E-state index contributed by atoms with van der Waals surface area (Å²) in [5.74, 6) is -1.59. The first-order valence-electron chi connectivity index (χ1n) is 10.7. The molecular formula is C25H19N3O5S2. The van der Waals surface area contributed by atoms with Crippen LogP contribution in [0.3, 0.4) is 0 Å². The van der Waals surface area contributed by atoms with Crippen LogP contribution in [0.4, 0.5) is 5.69 Å². The van der Waals surface area contributed by atoms with E-state index in [1.54, 1.807) is 31.2 Å². The fourth-order valence-electron chi connectivity index (χ4n) is 4.31. The number of thiazole rings is 1. The fourth-order valence-corrected chi connectivity index (χ4v) is 6.27. The van der Waals surface area contributed by atoms with Gasteiger partial charge in [0.2, 0.25) is 5.91 Å². The van der Waals surface area contributed by atoms with Crippen LogP contribution < -0.4 is 19.8 Å². The van der Waals surface area contributed by atoms with Gasteiger partial charge in [-0.05, 0) is 24.4 Å². The molecule has 0 aliphatic carbocycles. The zero-order chi connectivity index (χ0) is 24.9. The van der Waals surface area contributed by atoms with E-state index in [2.05, 4.69) is 11.6 Å². The van der Waals surface area contributed by atoms with Crippen LogP contribution in [-0.4, -0.2) is 29.0 Å². The van der Waals surface area contributed by atoms with Gasteiger partial charge in [0.25, 0.3) is 11.5 Å². The number of amides is 2. The van der Waals surface area contributed by atoms with Crippen LogP contribution in [0.15, 0.2) is 75.5 Å². The monoisotopic (exact) mass is 505 g/mol. The number of carbonyl (C=O) groups is 3. The molecule has 35 heavy (non-hydrogen) atoms. The fraction of sp³-hybridized carbons (Fsp3) is 0.160. The summed E-state index contributed by atoms with van der Waals surface area (Å²) < 4.78 is 6.91. The molecule has 0 radical (unpaired) electrons. The van der Waals surface area contributed by atoms with Crippen molar-refractivity contribution in [2.45, 2.75) is 19.9 Å². The van der Waals surface area contributed by atoms with Crippen molar-refractivity contribution in [2.75, 3.05) is 11.5 Å². The minimum Gasteiger partial charge on any atom is -0.458 e. The van der Waals surface area contributed by atoms with Crippen molar-refractivity contribution in [1.29, 1.82) is 0 Å². The lowest BCUT2D eigenvalue weighted by atomic mass is 10.0. The molecule has 2 aliphatic rings. The summed E-state index contributed by atoms with van der Waals surface area (Å²) in [6, 6.07) is 9.78. The van der Waals surface area contributed by atoms with Crippen molar-refractivity contribution >= 4 is 51.7 Å². The maximum absolute atomic E-state index is 13.9. The van der Waals surface area contributed by atoms with Crippen molar-refractivity contribution in [3.63, 3.8) is 0 Å². The van der Waals surface area contributed by atoms with Crippen LogP contribution in [-0.2, 0) is 19.1 Å². The van der Waals surface area contributed by atoms with Crippen LogP contribution in [0.25, 0.3) is 5.57 Å². The number of esters is 1. The molecule has 2 aliphatic heterocycles. The van der Waals surface area contributed by atoms with Gasteiger partial charge in [-0.3, -0.25) is 19.0 Å². The molecule has 0 saturated carbocycles. The third-order valence-electron chi connectivity index (χ3n) is 5.74. The zero-order valence-corrected chi connectivity index (χ0v) is 20.4. The molecule has 8 nitrogen and oxygen atoms in total. The highest BCUT2D eigenvalue weighted by atomic mass is 32.1. The Labute approximate surface area is 207 Å². The zero-order valence-electron chi connectivity index (χ0n) is 18.8. The van der Waals surface area contributed by atoms with E-state index in [-0.39, 0.29) is 22.3 Å². The number of aromatic nitrogens is 1. The molecule has 1 aromatic carbocycles. The van der Waals surface area contributed by atoms with E-state index in [9.17, 15) is 19.2 Å². The van der Waals surface area contributed by atoms with Gasteiger partial charge in [0.05, 0.1) is 22.5 Å². The lowest BCUT2D eigenvalue weighted by Crippen LogP contribution is -2.41. The summed E-state index contributed by atoms with van der Waals surface area (Å²) in [7, 11) is 0. The number of ether oxygens (including phenoxy) is 1. The quantitative estimate of drug-likeness (QED) is 0.400. The second-order valence-corrected chi connectivity index (χ2v) is 9.81. The van der Waals surface area contributed by atoms with Gasteiger partial charge in [-0.25, -0.2) is 14.7 Å². The third kappa shape index (κ3) is 3.53. The summed E-state index contributed by atoms with van der Waals surface area (Å²) in [6.45, 7) is 6.60. The van der Waals surface area contributed by atoms with Gasteiger partial charge in [-0.1, -0.05) is 48.3 Å². The number of allylic oxidation sites excluding steroid dienone is 1. The number of thiophene rings is 1. The number of nitrogens with zero attached hydrogens (tertiary/aromatic N) is 3. The minimum absolute atomic E-state index is 0.0213. The number of carbonyl (C=O) groups excluding carboxylic acids is 3. The number of imide groups is 1. The minimum atomic E-state index is -0.756. The number of hydrogen-bond acceptors (Lipinski definition) is 8. The van der Waals surface area contributed by atoms with Gasteiger partial charge < -0.3 is 4.74 Å². The van der Waals surface area contributed by atoms with Crippen LogP contribution in [0.1, 0.15) is 30.3 Å². The van der Waals surface area contributed by atoms with Crippen molar-refractivity contribution in [3.8, 4) is 0 Å². The molecule has 3 aromatic rings. The number of anilines is 1. The highest BCUT2D eigenvalue weighted by Crippen LogP contribution is 2.36. The van der Waals surface area contributed by atoms with E-state index in [1.807, 2.05) is 17.5 Å². The van der Waals surface area contributed by atoms with Crippen molar-refractivity contribution in [1.82, 2.24) is 4.57 Å². The summed E-state index contributed by atoms with van der Waals surface area (Å²) in [5.41, 5.74) is 1.32. The molecule has 176 valence electrons. The first kappa shape index (κ1) is 22.9. The largest absolute Gasteiger partial charge is 0.458 e. The maximum Gasteiger partial charge on any atom is 0.338 e. The smallest absolute Gasteiger partial charge is 0.338 e. The highest BCUT2D eigenvalue weighted by molar-refractivity contribution is 7.10. The number of fused-ring (bicyclic) bond motifs is 2. The average Bonchev–Trinajstić information content (AvgIpc) is 3.53. The molecule has 0 bridgehead atoms. The van der Waals surface area contributed by atoms with Crippen molar-refractivity contribution in [2.24, 2.45) is 4.99 Å². The molecule has 0 N–H and O–H groups in total. The molecule has 5 rings (SSSR count). The Kier molecular flexibility index (Phi) is 5.70. The maximum atomic E-state index is 13.9. The first-order valence-corrected chi connectivity index (χ1v) is 12.4. The number of benzene rings is 1. The van der Waals surface area contributed by atoms with Crippen LogP contribution >= 0.6 is 22.7 Å². The summed E-state index contributed by atoms with van der Waals surface area (Å²) in [6.07, 6.45) is 1.47. The third-order valence-corrected chi connectivity index (χ3v) is 7.71. The Bertz CT molecular complexity index is 1630. The predicted molar refractivity (Wildman–Crippen MR) is 133 cm³/mol. The molecule has 2 amide bonds. The Morgan fingerprint density at radius 1 is 1.20 bits per heavy atom. The number of hydrogen-bond donors (Lipinski definition) is 0. The Morgan fingerprint density at radius 3 is 2.66 bits per heavy atom. The molecule has 2 aromatic heterocycles. The predicted octanol–water partition coefficient (Wildman–Crippen LogP) is 2.29. The summed E-state index contributed by atoms with van der Waals surface area (Å²) in [5, 5.41) is 1.86. The van der Waals surface area contributed by atoms with Crippen LogP contribution in [0.2, 0.25) is 0 Å². The second-order valence-electron chi connectivity index (χ2n) is 7.86. The molecule has 1 unspecified atom stereocenters. The molecular weight excluding hydrogens is 486 g/mol. The van der Waals surface area contributed by atoms with Gasteiger partial charge in [0, 0.05) is 17.4 Å². The lowest BCUT2D eigenvalue weighted by Gasteiger charge is -2.23. The summed E-state index contributed by atoms with van der Waals surface area (Å²) in [4.78, 5) is 59.2. The van der Waals surface area contributed by atoms with Gasteiger partial charge in [-0.15, -0.1) is 11.3 Å². The van der Waals surface area contributed by atoms with Gasteiger partial charge >= 0.3 is 5.97 Å². The molecule has 0 fully saturated rings. The number of para-hydroxylation sites is 1. The molecule has 10 heteroatoms. The Morgan fingerprint density at radius 2 is 1.97 bits per heavy atom. The van der Waals surface area contributed by atoms with E-state index in [1.165, 1.54) is 28.9 Å². The highest BCUT2D eigenvalue weighted by Gasteiger charge is 2.38. The van der Waals surface area contributed by atoms with Crippen molar-refractivity contribution < 1.29 is 19.1 Å². The van der Waals surface area contributed by atoms with E-state index < -0.39 is 29.4 Å². The van der Waals surface area contributed by atoms with Crippen molar-refractivity contribution in [3.05, 3.63) is 95.8 Å². The van der Waals surface area contributed by atoms with Crippen LogP contribution in [0, 0.1) is 0 Å². The summed E-state index contributed by atoms with van der Waals surface area (Å²) >= 11 is 2.47. The molecule has 4 heterocycles. The number of rotatable bonds is 4. The van der Waals surface area contributed by atoms with E-state index in [4.69, 9.17) is 4.74 Å². The first-order chi connectivity index (χ1) is 16.8. The lowest BCUT2D eigenvalue weighted by molar-refractivity contribution is -0.138. The molecule has 1 atom stereocenters. The average molecular weight is 506 g/mol. The Hall–Kier alpha value is -3.89. The second kappa shape index (κ2) is 8.71. The van der Waals surface area contributed by atoms with Gasteiger partial charge in [0.1, 0.15) is 17.2 Å². The molecule has 0 spiro atoms. The molecule has 0 saturated heterocycles. The normalized spacial score (nSPS) is 18.2.